The van der Waals surface area contributed by atoms with E-state index in [9.17, 15) is 8.42 Å². The average molecular weight is 315 g/mol. The first-order valence-corrected chi connectivity index (χ1v) is 8.55. The van der Waals surface area contributed by atoms with E-state index in [1.54, 1.807) is 24.7 Å². The fraction of sp³-hybridized carbons (Fsp3) is 0.769. The molecule has 21 heavy (non-hydrogen) atoms. The number of sulfonamides is 1. The standard InChI is InChI=1S/C13H25N5O2S/c1-11-15-12(9-16(11)4)21(19,20)18-7-5-17(6-8-18)10-13(2,3)14/h9H,5-8,10,14H2,1-4H3. The van der Waals surface area contributed by atoms with Crippen LogP contribution in [0.25, 0.3) is 0 Å². The van der Waals surface area contributed by atoms with Gasteiger partial charge in [0.2, 0.25) is 0 Å². The second-order valence-electron chi connectivity index (χ2n) is 6.41. The molecular formula is C13H25N5O2S. The molecule has 2 N–H and O–H groups in total. The summed E-state index contributed by atoms with van der Waals surface area (Å²) in [4.78, 5) is 6.34. The molecule has 0 atom stereocenters. The third-order valence-electron chi connectivity index (χ3n) is 3.65. The van der Waals surface area contributed by atoms with Crippen LogP contribution in [0, 0.1) is 6.92 Å². The maximum Gasteiger partial charge on any atom is 0.262 e. The molecule has 0 bridgehead atoms. The highest BCUT2D eigenvalue weighted by Gasteiger charge is 2.31. The Kier molecular flexibility index (Phi) is 4.44. The van der Waals surface area contributed by atoms with Gasteiger partial charge in [-0.05, 0) is 20.8 Å². The smallest absolute Gasteiger partial charge is 0.262 e. The number of piperazine rings is 1. The summed E-state index contributed by atoms with van der Waals surface area (Å²) in [6, 6.07) is 0. The van der Waals surface area contributed by atoms with Crippen molar-refractivity contribution in [3.63, 3.8) is 0 Å². The van der Waals surface area contributed by atoms with Crippen LogP contribution in [0.2, 0.25) is 0 Å². The molecule has 1 saturated heterocycles. The second kappa shape index (κ2) is 5.68. The molecule has 2 heterocycles. The van der Waals surface area contributed by atoms with Crippen molar-refractivity contribution >= 4 is 10.0 Å². The van der Waals surface area contributed by atoms with E-state index < -0.39 is 10.0 Å². The normalized spacial score (nSPS) is 19.1. The maximum atomic E-state index is 12.6. The van der Waals surface area contributed by atoms with E-state index in [-0.39, 0.29) is 10.6 Å². The van der Waals surface area contributed by atoms with Crippen LogP contribution >= 0.6 is 0 Å². The molecule has 2 rings (SSSR count). The molecule has 8 heteroatoms. The lowest BCUT2D eigenvalue weighted by Gasteiger charge is -2.36. The average Bonchev–Trinajstić information content (AvgIpc) is 2.69. The van der Waals surface area contributed by atoms with Crippen molar-refractivity contribution in [3.8, 4) is 0 Å². The Bertz CT molecular complexity index is 575. The second-order valence-corrected chi connectivity index (χ2v) is 8.29. The Morgan fingerprint density at radius 2 is 1.86 bits per heavy atom. The Labute approximate surface area is 126 Å². The van der Waals surface area contributed by atoms with Gasteiger partial charge in [-0.3, -0.25) is 4.90 Å². The molecule has 1 aromatic rings. The molecule has 0 amide bonds. The number of hydrogen-bond acceptors (Lipinski definition) is 5. The van der Waals surface area contributed by atoms with Gasteiger partial charge < -0.3 is 10.3 Å². The van der Waals surface area contributed by atoms with Crippen LogP contribution in [0.1, 0.15) is 19.7 Å². The Morgan fingerprint density at radius 1 is 1.29 bits per heavy atom. The van der Waals surface area contributed by atoms with Gasteiger partial charge in [-0.2, -0.15) is 4.31 Å². The van der Waals surface area contributed by atoms with Crippen molar-refractivity contribution in [1.29, 1.82) is 0 Å². The van der Waals surface area contributed by atoms with E-state index in [1.807, 2.05) is 13.8 Å². The first kappa shape index (κ1) is 16.4. The quantitative estimate of drug-likeness (QED) is 0.830. The number of aromatic nitrogens is 2. The minimum absolute atomic E-state index is 0.134. The first-order valence-electron chi connectivity index (χ1n) is 7.11. The summed E-state index contributed by atoms with van der Waals surface area (Å²) < 4.78 is 28.3. The van der Waals surface area contributed by atoms with Gasteiger partial charge in [0.1, 0.15) is 5.82 Å². The van der Waals surface area contributed by atoms with Gasteiger partial charge in [0.25, 0.3) is 10.0 Å². The van der Waals surface area contributed by atoms with Crippen molar-refractivity contribution in [2.75, 3.05) is 32.7 Å². The molecule has 120 valence electrons. The number of aryl methyl sites for hydroxylation is 2. The third kappa shape index (κ3) is 3.82. The molecule has 0 unspecified atom stereocenters. The van der Waals surface area contributed by atoms with Crippen molar-refractivity contribution in [2.24, 2.45) is 12.8 Å². The lowest BCUT2D eigenvalue weighted by molar-refractivity contribution is 0.162. The summed E-state index contributed by atoms with van der Waals surface area (Å²) in [7, 11) is -1.69. The first-order chi connectivity index (χ1) is 9.59. The predicted molar refractivity (Wildman–Crippen MR) is 81.4 cm³/mol. The maximum absolute atomic E-state index is 12.6. The minimum atomic E-state index is -3.49. The monoisotopic (exact) mass is 315 g/mol. The zero-order valence-electron chi connectivity index (χ0n) is 13.2. The number of nitrogens with zero attached hydrogens (tertiary/aromatic N) is 4. The zero-order chi connectivity index (χ0) is 15.8. The summed E-state index contributed by atoms with van der Waals surface area (Å²) >= 11 is 0. The Hall–Kier alpha value is -0.960. The summed E-state index contributed by atoms with van der Waals surface area (Å²) in [5.74, 6) is 0.692. The van der Waals surface area contributed by atoms with Crippen LogP contribution in [-0.2, 0) is 17.1 Å². The van der Waals surface area contributed by atoms with Crippen molar-refractivity contribution < 1.29 is 8.42 Å². The third-order valence-corrected chi connectivity index (χ3v) is 5.42. The van der Waals surface area contributed by atoms with Gasteiger partial charge in [-0.1, -0.05) is 0 Å². The van der Waals surface area contributed by atoms with Gasteiger partial charge >= 0.3 is 0 Å². The zero-order valence-corrected chi connectivity index (χ0v) is 14.0. The van der Waals surface area contributed by atoms with Gasteiger partial charge in [0, 0.05) is 51.5 Å². The largest absolute Gasteiger partial charge is 0.337 e. The highest BCUT2D eigenvalue weighted by molar-refractivity contribution is 7.89. The SMILES string of the molecule is Cc1nc(S(=O)(=O)N2CCN(CC(C)(C)N)CC2)cn1C. The van der Waals surface area contributed by atoms with Crippen LogP contribution in [0.4, 0.5) is 0 Å². The minimum Gasteiger partial charge on any atom is -0.337 e. The Balaban J connectivity index is 2.04. The Morgan fingerprint density at radius 3 is 2.29 bits per heavy atom. The van der Waals surface area contributed by atoms with Crippen molar-refractivity contribution in [1.82, 2.24) is 18.8 Å². The van der Waals surface area contributed by atoms with Crippen LogP contribution in [-0.4, -0.2) is 65.4 Å². The van der Waals surface area contributed by atoms with E-state index in [0.717, 1.165) is 6.54 Å². The molecule has 7 nitrogen and oxygen atoms in total. The van der Waals surface area contributed by atoms with E-state index in [0.29, 0.717) is 32.0 Å². The molecule has 0 aromatic carbocycles. The predicted octanol–water partition coefficient (Wildman–Crippen LogP) is -0.228. The number of rotatable bonds is 4. The number of nitrogens with two attached hydrogens (primary N) is 1. The highest BCUT2D eigenvalue weighted by atomic mass is 32.2. The molecule has 0 spiro atoms. The highest BCUT2D eigenvalue weighted by Crippen LogP contribution is 2.17. The summed E-state index contributed by atoms with van der Waals surface area (Å²) in [5, 5.41) is 0.134. The molecule has 0 radical (unpaired) electrons. The van der Waals surface area contributed by atoms with Crippen LogP contribution in [0.5, 0.6) is 0 Å². The number of imidazole rings is 1. The summed E-state index contributed by atoms with van der Waals surface area (Å²) in [6.07, 6.45) is 1.57. The topological polar surface area (TPSA) is 84.5 Å². The molecule has 0 aliphatic carbocycles. The van der Waals surface area contributed by atoms with E-state index in [4.69, 9.17) is 5.73 Å². The van der Waals surface area contributed by atoms with Gasteiger partial charge in [0.05, 0.1) is 0 Å². The molecule has 0 saturated carbocycles. The van der Waals surface area contributed by atoms with E-state index in [1.165, 1.54) is 4.31 Å². The molecular weight excluding hydrogens is 290 g/mol. The van der Waals surface area contributed by atoms with Crippen molar-refractivity contribution in [3.05, 3.63) is 12.0 Å². The van der Waals surface area contributed by atoms with Gasteiger partial charge in [-0.15, -0.1) is 0 Å². The number of hydrogen-bond donors (Lipinski definition) is 1. The molecule has 1 aromatic heterocycles. The van der Waals surface area contributed by atoms with Crippen molar-refractivity contribution in [2.45, 2.75) is 31.3 Å². The molecule has 1 aliphatic heterocycles. The molecule has 1 aliphatic rings. The summed E-state index contributed by atoms with van der Waals surface area (Å²) in [5.41, 5.74) is 5.75. The van der Waals surface area contributed by atoms with Gasteiger partial charge in [0.15, 0.2) is 5.03 Å². The summed E-state index contributed by atoms with van der Waals surface area (Å²) in [6.45, 7) is 8.88. The fourth-order valence-electron chi connectivity index (χ4n) is 2.49. The fourth-order valence-corrected chi connectivity index (χ4v) is 3.93. The lowest BCUT2D eigenvalue weighted by atomic mass is 10.1. The van der Waals surface area contributed by atoms with E-state index in [2.05, 4.69) is 9.88 Å². The van der Waals surface area contributed by atoms with Gasteiger partial charge in [-0.25, -0.2) is 13.4 Å². The van der Waals surface area contributed by atoms with Crippen LogP contribution in [0.15, 0.2) is 11.2 Å². The van der Waals surface area contributed by atoms with Crippen LogP contribution in [0.3, 0.4) is 0 Å². The van der Waals surface area contributed by atoms with E-state index >= 15 is 0 Å². The van der Waals surface area contributed by atoms with Crippen LogP contribution < -0.4 is 5.73 Å². The molecule has 1 fully saturated rings. The lowest BCUT2D eigenvalue weighted by Crippen LogP contribution is -2.54.